The van der Waals surface area contributed by atoms with Gasteiger partial charge in [0.25, 0.3) is 0 Å². The fraction of sp³-hybridized carbons (Fsp3) is 0.909. The summed E-state index contributed by atoms with van der Waals surface area (Å²) < 4.78 is 0. The first-order valence-electron chi connectivity index (χ1n) is 5.64. The van der Waals surface area contributed by atoms with Crippen LogP contribution in [0.25, 0.3) is 0 Å². The van der Waals surface area contributed by atoms with E-state index < -0.39 is 0 Å². The van der Waals surface area contributed by atoms with Crippen molar-refractivity contribution in [3.8, 4) is 0 Å². The van der Waals surface area contributed by atoms with Crippen LogP contribution in [0, 0.1) is 11.3 Å². The molecule has 0 spiro atoms. The Hall–Kier alpha value is 0.110. The molecule has 0 heterocycles. The van der Waals surface area contributed by atoms with Crippen molar-refractivity contribution < 1.29 is 0 Å². The van der Waals surface area contributed by atoms with Crippen molar-refractivity contribution in [3.05, 3.63) is 0 Å². The molecular weight excluding hydrogens is 228 g/mol. The van der Waals surface area contributed by atoms with Gasteiger partial charge in [-0.2, -0.15) is 12.6 Å². The minimum absolute atomic E-state index is 0. The zero-order valence-electron chi connectivity index (χ0n) is 9.11. The third kappa shape index (κ3) is 3.04. The number of fused-ring (bicyclic) bond motifs is 3. The summed E-state index contributed by atoms with van der Waals surface area (Å²) in [5.74, 6) is 2.33. The van der Waals surface area contributed by atoms with Gasteiger partial charge < -0.3 is 5.73 Å². The Balaban J connectivity index is 0.00000112. The predicted molar refractivity (Wildman–Crippen MR) is 71.2 cm³/mol. The van der Waals surface area contributed by atoms with Crippen LogP contribution in [-0.4, -0.2) is 18.1 Å². The van der Waals surface area contributed by atoms with Gasteiger partial charge in [0.05, 0.1) is 0 Å². The molecule has 15 heavy (non-hydrogen) atoms. The van der Waals surface area contributed by atoms with E-state index in [0.29, 0.717) is 17.0 Å². The lowest BCUT2D eigenvalue weighted by molar-refractivity contribution is 0.0738. The van der Waals surface area contributed by atoms with Crippen LogP contribution in [0.4, 0.5) is 0 Å². The molecule has 0 unspecified atom stereocenters. The maximum absolute atomic E-state index is 5.69. The van der Waals surface area contributed by atoms with Gasteiger partial charge in [0.15, 0.2) is 0 Å². The highest BCUT2D eigenvalue weighted by atomic mass is 35.5. The minimum atomic E-state index is 0. The van der Waals surface area contributed by atoms with Crippen molar-refractivity contribution in [2.75, 3.05) is 12.3 Å². The molecule has 0 radical (unpaired) electrons. The van der Waals surface area contributed by atoms with E-state index in [4.69, 9.17) is 5.73 Å². The third-order valence-electron chi connectivity index (χ3n) is 4.03. The molecule has 0 amide bonds. The van der Waals surface area contributed by atoms with Crippen LogP contribution >= 0.6 is 25.0 Å². The lowest BCUT2D eigenvalue weighted by Crippen LogP contribution is -2.37. The van der Waals surface area contributed by atoms with Gasteiger partial charge in [-0.05, 0) is 49.9 Å². The molecule has 0 aromatic rings. The Kier molecular flexibility index (Phi) is 4.78. The van der Waals surface area contributed by atoms with Crippen molar-refractivity contribution >= 4 is 30.9 Å². The number of aliphatic imine (C=N–C) groups is 1. The zero-order valence-corrected chi connectivity index (χ0v) is 10.8. The molecule has 2 bridgehead atoms. The SMILES string of the molecule is Cl.NC(CS)=NCC12CCC(CC1)CC2. The fourth-order valence-electron chi connectivity index (χ4n) is 2.90. The number of nitrogens with two attached hydrogens (primary N) is 1. The van der Waals surface area contributed by atoms with Crippen LogP contribution in [0.2, 0.25) is 0 Å². The quantitative estimate of drug-likeness (QED) is 0.450. The highest BCUT2D eigenvalue weighted by molar-refractivity contribution is 7.81. The Labute approximate surface area is 104 Å². The van der Waals surface area contributed by atoms with Crippen LogP contribution < -0.4 is 5.73 Å². The largest absolute Gasteiger partial charge is 0.387 e. The number of thiol groups is 1. The van der Waals surface area contributed by atoms with Gasteiger partial charge in [-0.1, -0.05) is 0 Å². The molecule has 0 aliphatic heterocycles. The number of nitrogens with zero attached hydrogens (tertiary/aromatic N) is 1. The first-order chi connectivity index (χ1) is 6.74. The average molecular weight is 249 g/mol. The molecule has 4 heteroatoms. The van der Waals surface area contributed by atoms with Crippen LogP contribution in [0.15, 0.2) is 4.99 Å². The number of amidine groups is 1. The van der Waals surface area contributed by atoms with Crippen molar-refractivity contribution in [2.24, 2.45) is 22.1 Å². The summed E-state index contributed by atoms with van der Waals surface area (Å²) in [6.07, 6.45) is 8.41. The van der Waals surface area contributed by atoms with E-state index in [0.717, 1.165) is 12.5 Å². The maximum Gasteiger partial charge on any atom is 0.103 e. The molecule has 3 rings (SSSR count). The summed E-state index contributed by atoms with van der Waals surface area (Å²) in [7, 11) is 0. The third-order valence-corrected chi connectivity index (χ3v) is 4.35. The smallest absolute Gasteiger partial charge is 0.103 e. The summed E-state index contributed by atoms with van der Waals surface area (Å²) in [5.41, 5.74) is 6.21. The highest BCUT2D eigenvalue weighted by Gasteiger charge is 2.39. The molecule has 2 N–H and O–H groups in total. The Morgan fingerprint density at radius 3 is 2.27 bits per heavy atom. The molecule has 0 aromatic carbocycles. The van der Waals surface area contributed by atoms with Crippen LogP contribution in [0.3, 0.4) is 0 Å². The summed E-state index contributed by atoms with van der Waals surface area (Å²) in [5, 5.41) is 0. The van der Waals surface area contributed by atoms with Crippen LogP contribution in [0.1, 0.15) is 38.5 Å². The van der Waals surface area contributed by atoms with E-state index in [2.05, 4.69) is 17.6 Å². The Morgan fingerprint density at radius 1 is 1.27 bits per heavy atom. The summed E-state index contributed by atoms with van der Waals surface area (Å²) in [4.78, 5) is 4.45. The maximum atomic E-state index is 5.69. The van der Waals surface area contributed by atoms with Crippen molar-refractivity contribution in [3.63, 3.8) is 0 Å². The number of rotatable bonds is 3. The number of halogens is 1. The highest BCUT2D eigenvalue weighted by Crippen LogP contribution is 2.50. The lowest BCUT2D eigenvalue weighted by Gasteiger charge is -2.45. The van der Waals surface area contributed by atoms with Gasteiger partial charge in [-0.15, -0.1) is 12.4 Å². The fourth-order valence-corrected chi connectivity index (χ4v) is 3.00. The second kappa shape index (κ2) is 5.44. The van der Waals surface area contributed by atoms with Crippen LogP contribution in [-0.2, 0) is 0 Å². The standard InChI is InChI=1S/C11H20N2S.ClH/c12-10(7-14)13-8-11-4-1-9(2-5-11)3-6-11;/h9,14H,1-8H2,(H2,12,13);1H. The zero-order chi connectivity index (χ0) is 10.0. The van der Waals surface area contributed by atoms with Gasteiger partial charge in [0, 0.05) is 12.3 Å². The van der Waals surface area contributed by atoms with Crippen molar-refractivity contribution in [2.45, 2.75) is 38.5 Å². The second-order valence-electron chi connectivity index (χ2n) is 4.95. The number of hydrogen-bond acceptors (Lipinski definition) is 2. The monoisotopic (exact) mass is 248 g/mol. The van der Waals surface area contributed by atoms with Gasteiger partial charge in [0.1, 0.15) is 5.84 Å². The Bertz CT molecular complexity index is 221. The first-order valence-corrected chi connectivity index (χ1v) is 6.27. The molecule has 3 fully saturated rings. The lowest BCUT2D eigenvalue weighted by atomic mass is 9.61. The van der Waals surface area contributed by atoms with Gasteiger partial charge in [-0.3, -0.25) is 4.99 Å². The molecule has 0 aromatic heterocycles. The normalized spacial score (nSPS) is 35.0. The van der Waals surface area contributed by atoms with E-state index in [1.165, 1.54) is 38.5 Å². The van der Waals surface area contributed by atoms with Crippen molar-refractivity contribution in [1.29, 1.82) is 0 Å². The molecule has 88 valence electrons. The Morgan fingerprint density at radius 2 is 1.80 bits per heavy atom. The van der Waals surface area contributed by atoms with Crippen molar-refractivity contribution in [1.82, 2.24) is 0 Å². The van der Waals surface area contributed by atoms with Gasteiger partial charge in [0.2, 0.25) is 0 Å². The predicted octanol–water partition coefficient (Wildman–Crippen LogP) is 2.67. The molecular formula is C11H21ClN2S. The van der Waals surface area contributed by atoms with Crippen LogP contribution in [0.5, 0.6) is 0 Å². The van der Waals surface area contributed by atoms with E-state index in [-0.39, 0.29) is 12.4 Å². The van der Waals surface area contributed by atoms with Gasteiger partial charge in [-0.25, -0.2) is 0 Å². The average Bonchev–Trinajstić information content (AvgIpc) is 2.28. The van der Waals surface area contributed by atoms with E-state index >= 15 is 0 Å². The molecule has 3 saturated carbocycles. The van der Waals surface area contributed by atoms with E-state index in [1.54, 1.807) is 0 Å². The molecule has 0 atom stereocenters. The summed E-state index contributed by atoms with van der Waals surface area (Å²) in [6.45, 7) is 0.951. The topological polar surface area (TPSA) is 38.4 Å². The van der Waals surface area contributed by atoms with Gasteiger partial charge >= 0.3 is 0 Å². The number of hydrogen-bond donors (Lipinski definition) is 2. The van der Waals surface area contributed by atoms with E-state index in [1.807, 2.05) is 0 Å². The summed E-state index contributed by atoms with van der Waals surface area (Å²) >= 11 is 4.12. The minimum Gasteiger partial charge on any atom is -0.387 e. The molecule has 3 aliphatic rings. The second-order valence-corrected chi connectivity index (χ2v) is 5.26. The molecule has 3 aliphatic carbocycles. The first kappa shape index (κ1) is 13.2. The molecule has 2 nitrogen and oxygen atoms in total. The summed E-state index contributed by atoms with van der Waals surface area (Å²) in [6, 6.07) is 0. The van der Waals surface area contributed by atoms with E-state index in [9.17, 15) is 0 Å². The molecule has 0 saturated heterocycles.